The van der Waals surface area contributed by atoms with Gasteiger partial charge in [-0.2, -0.15) is 0 Å². The summed E-state index contributed by atoms with van der Waals surface area (Å²) in [5, 5.41) is 0. The van der Waals surface area contributed by atoms with Gasteiger partial charge in [-0.05, 0) is 8.27 Å². The molecule has 0 spiro atoms. The molecule has 3 unspecified atom stereocenters. The van der Waals surface area contributed by atoms with Crippen LogP contribution in [0.4, 0.5) is 0 Å². The summed E-state index contributed by atoms with van der Waals surface area (Å²) in [5.41, 5.74) is 4.80. The molecule has 9 heavy (non-hydrogen) atoms. The van der Waals surface area contributed by atoms with Gasteiger partial charge >= 0.3 is 0 Å². The maximum absolute atomic E-state index is 10.5. The number of nitrogens with two attached hydrogens (primary N) is 1. The van der Waals surface area contributed by atoms with Crippen molar-refractivity contribution in [1.82, 2.24) is 0 Å². The Labute approximate surface area is 59.2 Å². The average molecular weight is 183 g/mol. The Kier molecular flexibility index (Phi) is 5.73. The average Bonchev–Trinajstić information content (AvgIpc) is 1.87. The van der Waals surface area contributed by atoms with Gasteiger partial charge in [-0.25, -0.2) is 0 Å². The monoisotopic (exact) mass is 183 g/mol. The van der Waals surface area contributed by atoms with Gasteiger partial charge < -0.3 is 5.50 Å². The van der Waals surface area contributed by atoms with Gasteiger partial charge in [0.05, 0.1) is 6.42 Å². The molecule has 6 heteroatoms. The predicted molar refractivity (Wildman–Crippen MR) is 45.2 cm³/mol. The summed E-state index contributed by atoms with van der Waals surface area (Å²) < 4.78 is 0. The molecule has 0 saturated heterocycles. The Morgan fingerprint density at radius 3 is 2.33 bits per heavy atom. The third-order valence-corrected chi connectivity index (χ3v) is 2.61. The highest BCUT2D eigenvalue weighted by molar-refractivity contribution is 8.11. The van der Waals surface area contributed by atoms with Crippen LogP contribution in [0.1, 0.15) is 6.42 Å². The fourth-order valence-corrected chi connectivity index (χ4v) is 1.26. The fraction of sp³-hybridized carbons (Fsp3) is 0.333. The van der Waals surface area contributed by atoms with Crippen LogP contribution in [0.5, 0.6) is 0 Å². The molecule has 3 atom stereocenters. The van der Waals surface area contributed by atoms with Crippen LogP contribution in [0.2, 0.25) is 0 Å². The summed E-state index contributed by atoms with van der Waals surface area (Å²) in [6.07, 6.45) is 0.0108. The smallest absolute Gasteiger partial charge is 0.173 e. The van der Waals surface area contributed by atoms with Crippen molar-refractivity contribution < 1.29 is 9.59 Å². The lowest BCUT2D eigenvalue weighted by Crippen LogP contribution is -1.98. The van der Waals surface area contributed by atoms with E-state index in [1.165, 1.54) is 0 Å². The molecular formula is C3H8NO2P3. The SMILES string of the molecule is NPC(=O)CC(=O)PP. The van der Waals surface area contributed by atoms with Gasteiger partial charge in [0, 0.05) is 8.73 Å². The van der Waals surface area contributed by atoms with E-state index in [1.54, 1.807) is 0 Å². The molecule has 3 nitrogen and oxygen atoms in total. The molecule has 2 N–H and O–H groups in total. The van der Waals surface area contributed by atoms with E-state index in [0.717, 1.165) is 0 Å². The quantitative estimate of drug-likeness (QED) is 0.508. The van der Waals surface area contributed by atoms with Gasteiger partial charge in [0.15, 0.2) is 11.0 Å². The van der Waals surface area contributed by atoms with E-state index in [0.29, 0.717) is 0 Å². The van der Waals surface area contributed by atoms with E-state index in [4.69, 9.17) is 5.50 Å². The normalized spacial score (nSPS) is 11.8. The molecule has 0 saturated carbocycles. The standard InChI is InChI=1S/C3H8NO2P3/c4-8-2(5)1-3(6)9-7/h8-9H,1,4,7H2. The number of carbonyl (C=O) groups excluding carboxylic acids is 2. The summed E-state index contributed by atoms with van der Waals surface area (Å²) in [4.78, 5) is 20.9. The molecule has 0 aromatic rings. The van der Waals surface area contributed by atoms with Gasteiger partial charge in [0.2, 0.25) is 0 Å². The van der Waals surface area contributed by atoms with Crippen molar-refractivity contribution in [3.63, 3.8) is 0 Å². The first-order valence-corrected chi connectivity index (χ1v) is 6.08. The lowest BCUT2D eigenvalue weighted by atomic mass is 10.5. The molecular weight excluding hydrogens is 175 g/mol. The molecule has 0 rings (SSSR count). The Bertz CT molecular complexity index is 112. The molecule has 0 aliphatic heterocycles. The largest absolute Gasteiger partial charge is 0.306 e. The molecule has 0 bridgehead atoms. The third kappa shape index (κ3) is 5.06. The molecule has 0 aromatic carbocycles. The lowest BCUT2D eigenvalue weighted by molar-refractivity contribution is -0.118. The minimum atomic E-state index is -0.237. The molecule has 52 valence electrons. The lowest BCUT2D eigenvalue weighted by Gasteiger charge is -1.91. The molecule has 0 aliphatic rings. The number of carbonyl (C=O) groups is 2. The zero-order valence-electron chi connectivity index (χ0n) is 4.68. The van der Waals surface area contributed by atoms with Crippen LogP contribution in [0, 0.1) is 0 Å². The Hall–Kier alpha value is 0.590. The van der Waals surface area contributed by atoms with E-state index in [9.17, 15) is 9.59 Å². The first kappa shape index (κ1) is 9.59. The van der Waals surface area contributed by atoms with Crippen molar-refractivity contribution in [3.05, 3.63) is 0 Å². The van der Waals surface area contributed by atoms with E-state index in [-0.39, 0.29) is 34.5 Å². The number of rotatable bonds is 4. The maximum atomic E-state index is 10.5. The van der Waals surface area contributed by atoms with Gasteiger partial charge in [-0.15, -0.1) is 8.93 Å². The summed E-state index contributed by atoms with van der Waals surface area (Å²) in [5.74, 6) is 0. The minimum absolute atomic E-state index is 0.0108. The molecule has 0 heterocycles. The summed E-state index contributed by atoms with van der Waals surface area (Å²) in [7, 11) is 2.19. The molecule has 0 radical (unpaired) electrons. The van der Waals surface area contributed by atoms with Crippen molar-refractivity contribution in [2.75, 3.05) is 0 Å². The second kappa shape index (κ2) is 5.38. The van der Waals surface area contributed by atoms with E-state index < -0.39 is 0 Å². The van der Waals surface area contributed by atoms with Crippen LogP contribution in [0.25, 0.3) is 0 Å². The van der Waals surface area contributed by atoms with Gasteiger partial charge in [-0.1, -0.05) is 0 Å². The second-order valence-electron chi connectivity index (χ2n) is 1.31. The number of hydrogen-bond acceptors (Lipinski definition) is 3. The van der Waals surface area contributed by atoms with Gasteiger partial charge in [0.25, 0.3) is 0 Å². The first-order valence-electron chi connectivity index (χ1n) is 2.19. The van der Waals surface area contributed by atoms with Crippen LogP contribution < -0.4 is 5.50 Å². The summed E-state index contributed by atoms with van der Waals surface area (Å²) in [6, 6.07) is 0. The van der Waals surface area contributed by atoms with Gasteiger partial charge in [-0.3, -0.25) is 9.59 Å². The van der Waals surface area contributed by atoms with Crippen molar-refractivity contribution in [2.45, 2.75) is 6.42 Å². The highest BCUT2D eigenvalue weighted by Gasteiger charge is 2.04. The van der Waals surface area contributed by atoms with Crippen LogP contribution in [0.3, 0.4) is 0 Å². The minimum Gasteiger partial charge on any atom is -0.306 e. The van der Waals surface area contributed by atoms with Crippen LogP contribution in [-0.2, 0) is 9.59 Å². The summed E-state index contributed by atoms with van der Waals surface area (Å²) in [6.45, 7) is 0. The van der Waals surface area contributed by atoms with Crippen LogP contribution >= 0.6 is 25.9 Å². The zero-order valence-corrected chi connectivity index (χ0v) is 7.83. The molecule has 0 amide bonds. The predicted octanol–water partition coefficient (Wildman–Crippen LogP) is 0.450. The Morgan fingerprint density at radius 2 is 2.00 bits per heavy atom. The van der Waals surface area contributed by atoms with Crippen molar-refractivity contribution >= 4 is 37.0 Å². The second-order valence-corrected chi connectivity index (χ2v) is 3.87. The number of hydrogen-bond donors (Lipinski definition) is 1. The van der Waals surface area contributed by atoms with Crippen molar-refractivity contribution in [2.24, 2.45) is 5.50 Å². The van der Waals surface area contributed by atoms with Crippen molar-refractivity contribution in [3.8, 4) is 0 Å². The third-order valence-electron chi connectivity index (χ3n) is 0.643. The first-order chi connectivity index (χ1) is 4.20. The highest BCUT2D eigenvalue weighted by atomic mass is 32.0. The molecule has 0 aliphatic carbocycles. The fourth-order valence-electron chi connectivity index (χ4n) is 0.248. The van der Waals surface area contributed by atoms with E-state index in [1.807, 2.05) is 0 Å². The van der Waals surface area contributed by atoms with Crippen LogP contribution in [-0.4, -0.2) is 11.0 Å². The topological polar surface area (TPSA) is 60.2 Å². The van der Waals surface area contributed by atoms with Crippen molar-refractivity contribution in [1.29, 1.82) is 0 Å². The zero-order chi connectivity index (χ0) is 7.28. The summed E-state index contributed by atoms with van der Waals surface area (Å²) >= 11 is 0. The molecule has 0 fully saturated rings. The van der Waals surface area contributed by atoms with E-state index >= 15 is 0 Å². The highest BCUT2D eigenvalue weighted by Crippen LogP contribution is 2.24. The maximum Gasteiger partial charge on any atom is 0.173 e. The van der Waals surface area contributed by atoms with E-state index in [2.05, 4.69) is 8.93 Å². The Morgan fingerprint density at radius 1 is 1.44 bits per heavy atom. The Balaban J connectivity index is 3.47. The van der Waals surface area contributed by atoms with Gasteiger partial charge in [0.1, 0.15) is 0 Å². The molecule has 0 aromatic heterocycles. The van der Waals surface area contributed by atoms with Crippen LogP contribution in [0.15, 0.2) is 0 Å².